The molecule has 1 aromatic heterocycles. The van der Waals surface area contributed by atoms with Crippen LogP contribution in [0.4, 0.5) is 11.5 Å². The number of carbonyl (C=O) groups is 1. The molecule has 3 heterocycles. The van der Waals surface area contributed by atoms with Crippen LogP contribution in [0.5, 0.6) is 0 Å². The van der Waals surface area contributed by atoms with E-state index in [2.05, 4.69) is 97.9 Å². The molecule has 0 radical (unpaired) electrons. The van der Waals surface area contributed by atoms with Gasteiger partial charge in [0.15, 0.2) is 5.71 Å². The first-order valence-corrected chi connectivity index (χ1v) is 15.8. The van der Waals surface area contributed by atoms with Gasteiger partial charge in [-0.25, -0.2) is 4.57 Å². The molecule has 42 heavy (non-hydrogen) atoms. The highest BCUT2D eigenvalue weighted by molar-refractivity contribution is 6.30. The van der Waals surface area contributed by atoms with E-state index in [1.54, 1.807) is 0 Å². The zero-order valence-electron chi connectivity index (χ0n) is 25.7. The number of aryl methyl sites for hydroxylation is 1. The van der Waals surface area contributed by atoms with Crippen molar-refractivity contribution in [2.75, 3.05) is 11.4 Å². The molecule has 222 valence electrons. The summed E-state index contributed by atoms with van der Waals surface area (Å²) in [6.45, 7) is 10.1. The van der Waals surface area contributed by atoms with Crippen LogP contribution in [0.3, 0.4) is 0 Å². The Morgan fingerprint density at radius 3 is 2.60 bits per heavy atom. The van der Waals surface area contributed by atoms with E-state index in [4.69, 9.17) is 21.7 Å². The number of hydrogen-bond acceptors (Lipinski definition) is 3. The number of halogens is 1. The molecule has 0 saturated heterocycles. The van der Waals surface area contributed by atoms with Crippen molar-refractivity contribution in [3.05, 3.63) is 88.6 Å². The zero-order chi connectivity index (χ0) is 30.1. The number of aliphatic imine (C=N–C) groups is 1. The average molecular weight is 587 g/mol. The minimum atomic E-state index is -0.714. The molecular weight excluding hydrogens is 542 g/mol. The lowest BCUT2D eigenvalue weighted by atomic mass is 9.79. The summed E-state index contributed by atoms with van der Waals surface area (Å²) in [6, 6.07) is 13.2. The molecule has 2 aromatic rings. The number of carboxylic acid groups (broad SMARTS) is 1. The lowest BCUT2D eigenvalue weighted by Crippen LogP contribution is -2.40. The molecule has 2 aliphatic heterocycles. The first kappa shape index (κ1) is 30.3. The Morgan fingerprint density at radius 2 is 1.83 bits per heavy atom. The lowest BCUT2D eigenvalue weighted by molar-refractivity contribution is -0.658. The number of anilines is 1. The van der Waals surface area contributed by atoms with Gasteiger partial charge in [0.25, 0.3) is 0 Å². The Hall–Kier alpha value is -3.18. The molecule has 2 atom stereocenters. The Labute approximate surface area is 256 Å². The third kappa shape index (κ3) is 5.86. The van der Waals surface area contributed by atoms with E-state index in [1.807, 2.05) is 13.2 Å². The monoisotopic (exact) mass is 586 g/mol. The number of allylic oxidation sites excluding steroid dienone is 5. The molecule has 2 unspecified atom stereocenters. The van der Waals surface area contributed by atoms with E-state index < -0.39 is 5.97 Å². The molecule has 0 saturated carbocycles. The fraction of sp³-hybridized carbons (Fsp3) is 0.472. The maximum Gasteiger partial charge on any atom is 0.327 e. The highest BCUT2D eigenvalue weighted by atomic mass is 35.5. The Bertz CT molecular complexity index is 1470. The van der Waals surface area contributed by atoms with Crippen molar-refractivity contribution < 1.29 is 14.5 Å². The topological polar surface area (TPSA) is 56.8 Å². The van der Waals surface area contributed by atoms with Crippen molar-refractivity contribution in [2.24, 2.45) is 18.0 Å². The predicted molar refractivity (Wildman–Crippen MR) is 173 cm³/mol. The van der Waals surface area contributed by atoms with E-state index in [-0.39, 0.29) is 29.2 Å². The van der Waals surface area contributed by atoms with Crippen LogP contribution < -0.4 is 9.47 Å². The second-order valence-electron chi connectivity index (χ2n) is 13.2. The van der Waals surface area contributed by atoms with Gasteiger partial charge in [0.2, 0.25) is 0 Å². The number of benzene rings is 1. The molecule has 5 rings (SSSR count). The fourth-order valence-corrected chi connectivity index (χ4v) is 7.27. The normalized spacial score (nSPS) is 22.6. The number of unbranched alkanes of at least 4 members (excludes halogenated alkanes) is 2. The minimum Gasteiger partial charge on any atom is -0.481 e. The van der Waals surface area contributed by atoms with Gasteiger partial charge in [-0.05, 0) is 86.4 Å². The molecule has 0 bridgehead atoms. The lowest BCUT2D eigenvalue weighted by Gasteiger charge is -2.33. The maximum absolute atomic E-state index is 11.0. The molecule has 6 heteroatoms. The number of aliphatic carboxylic acids is 1. The van der Waals surface area contributed by atoms with Crippen molar-refractivity contribution in [1.82, 2.24) is 0 Å². The van der Waals surface area contributed by atoms with Crippen molar-refractivity contribution in [3.63, 3.8) is 0 Å². The SMILES string of the molecule is C[n+]1cccc2c1N=C(/C=C/C1=C(Cl)C(/C=C/C3N(CCCCCC(=O)O)c4ccccc4C3(C)C)CCC1)C2(C)C. The zero-order valence-corrected chi connectivity index (χ0v) is 26.5. The summed E-state index contributed by atoms with van der Waals surface area (Å²) >= 11 is 7.12. The van der Waals surface area contributed by atoms with E-state index >= 15 is 0 Å². The summed E-state index contributed by atoms with van der Waals surface area (Å²) < 4.78 is 2.09. The number of rotatable bonds is 10. The molecule has 1 aromatic carbocycles. The number of fused-ring (bicyclic) bond motifs is 2. The highest BCUT2D eigenvalue weighted by Gasteiger charge is 2.43. The van der Waals surface area contributed by atoms with Gasteiger partial charge in [-0.1, -0.05) is 68.3 Å². The third-order valence-corrected chi connectivity index (χ3v) is 10.0. The highest BCUT2D eigenvalue weighted by Crippen LogP contribution is 2.46. The number of pyridine rings is 1. The average Bonchev–Trinajstić information content (AvgIpc) is 3.34. The molecule has 3 aliphatic rings. The largest absolute Gasteiger partial charge is 0.481 e. The standard InChI is InChI=1S/C36H44ClN3O2/c1-35(2)28-16-12-23-39(5)34(28)38-30(35)21-19-25-13-11-14-26(33(25)37)20-22-31-36(3,4)27-15-8-9-17-29(27)40(31)24-10-6-7-18-32(41)42/h8-9,12,15-17,19-23,26,31H,6-7,10-11,13-14,18,24H2,1-5H3/p+1/b21-19+,22-20+. The summed E-state index contributed by atoms with van der Waals surface area (Å²) in [5.74, 6) is 0.512. The first-order valence-electron chi connectivity index (χ1n) is 15.4. The number of hydrogen-bond donors (Lipinski definition) is 1. The van der Waals surface area contributed by atoms with Crippen molar-refractivity contribution in [2.45, 2.75) is 89.5 Å². The van der Waals surface area contributed by atoms with Crippen LogP contribution in [0, 0.1) is 5.92 Å². The number of aromatic nitrogens is 1. The number of para-hydroxylation sites is 1. The van der Waals surface area contributed by atoms with Gasteiger partial charge in [0.1, 0.15) is 0 Å². The molecule has 5 nitrogen and oxygen atoms in total. The second kappa shape index (κ2) is 12.2. The third-order valence-electron chi connectivity index (χ3n) is 9.52. The minimum absolute atomic E-state index is 0.0426. The van der Waals surface area contributed by atoms with E-state index in [1.165, 1.54) is 22.4 Å². The van der Waals surface area contributed by atoms with Crippen molar-refractivity contribution >= 4 is 34.8 Å². The second-order valence-corrected chi connectivity index (χ2v) is 13.6. The van der Waals surface area contributed by atoms with Crippen LogP contribution in [-0.2, 0) is 22.7 Å². The molecule has 0 spiro atoms. The fourth-order valence-electron chi connectivity index (χ4n) is 6.93. The molecule has 0 amide bonds. The van der Waals surface area contributed by atoms with Crippen LogP contribution in [0.2, 0.25) is 0 Å². The Balaban J connectivity index is 1.34. The molecule has 0 fully saturated rings. The van der Waals surface area contributed by atoms with Crippen LogP contribution in [0.1, 0.15) is 83.8 Å². The van der Waals surface area contributed by atoms with Crippen molar-refractivity contribution in [1.29, 1.82) is 0 Å². The van der Waals surface area contributed by atoms with Crippen molar-refractivity contribution in [3.8, 4) is 0 Å². The van der Waals surface area contributed by atoms with E-state index in [0.29, 0.717) is 0 Å². The summed E-state index contributed by atoms with van der Waals surface area (Å²) in [5, 5.41) is 9.96. The van der Waals surface area contributed by atoms with Crippen LogP contribution in [0.25, 0.3) is 0 Å². The number of carboxylic acids is 1. The van der Waals surface area contributed by atoms with E-state index in [9.17, 15) is 4.79 Å². The van der Waals surface area contributed by atoms with Gasteiger partial charge in [-0.2, -0.15) is 0 Å². The van der Waals surface area contributed by atoms with Gasteiger partial charge < -0.3 is 10.0 Å². The molecule has 1 aliphatic carbocycles. The van der Waals surface area contributed by atoms with E-state index in [0.717, 1.165) is 61.6 Å². The Kier molecular flexibility index (Phi) is 8.80. The summed E-state index contributed by atoms with van der Waals surface area (Å²) in [6.07, 6.45) is 17.2. The van der Waals surface area contributed by atoms with Gasteiger partial charge in [0, 0.05) is 35.0 Å². The van der Waals surface area contributed by atoms with Crippen LogP contribution >= 0.6 is 11.6 Å². The predicted octanol–water partition coefficient (Wildman–Crippen LogP) is 8.09. The smallest absolute Gasteiger partial charge is 0.327 e. The van der Waals surface area contributed by atoms with Gasteiger partial charge >= 0.3 is 11.8 Å². The van der Waals surface area contributed by atoms with Crippen LogP contribution in [-0.4, -0.2) is 29.4 Å². The van der Waals surface area contributed by atoms with Crippen LogP contribution in [0.15, 0.2) is 82.5 Å². The first-order chi connectivity index (χ1) is 20.0. The summed E-state index contributed by atoms with van der Waals surface area (Å²) in [7, 11) is 2.05. The van der Waals surface area contributed by atoms with Gasteiger partial charge in [-0.15, -0.1) is 0 Å². The van der Waals surface area contributed by atoms with Gasteiger partial charge in [-0.3, -0.25) is 4.79 Å². The quantitative estimate of drug-likeness (QED) is 0.174. The Morgan fingerprint density at radius 1 is 1.07 bits per heavy atom. The maximum atomic E-state index is 11.0. The number of nitrogens with zero attached hydrogens (tertiary/aromatic N) is 3. The summed E-state index contributed by atoms with van der Waals surface area (Å²) in [4.78, 5) is 18.5. The molecular formula is C36H45ClN3O2+. The molecule has 1 N–H and O–H groups in total. The van der Waals surface area contributed by atoms with Gasteiger partial charge in [0.05, 0.1) is 30.3 Å². The summed E-state index contributed by atoms with van der Waals surface area (Å²) in [5.41, 5.74) is 6.00.